The van der Waals surface area contributed by atoms with Crippen LogP contribution in [0.15, 0.2) is 24.3 Å². The number of amidine groups is 1. The van der Waals surface area contributed by atoms with Crippen molar-refractivity contribution in [2.75, 3.05) is 18.5 Å². The molecule has 0 heterocycles. The van der Waals surface area contributed by atoms with Gasteiger partial charge < -0.3 is 21.1 Å². The Labute approximate surface area is 99.7 Å². The summed E-state index contributed by atoms with van der Waals surface area (Å²) >= 11 is 0. The summed E-state index contributed by atoms with van der Waals surface area (Å²) in [5, 5.41) is 12.3. The molecule has 6 nitrogen and oxygen atoms in total. The fourth-order valence-electron chi connectivity index (χ4n) is 1.18. The third-order valence-electron chi connectivity index (χ3n) is 1.86. The first kappa shape index (κ1) is 12.8. The van der Waals surface area contributed by atoms with Crippen molar-refractivity contribution in [2.45, 2.75) is 6.92 Å². The normalized spacial score (nSPS) is 9.47. The molecule has 0 aliphatic heterocycles. The monoisotopic (exact) mass is 236 g/mol. The molecule has 5 N–H and O–H groups in total. The van der Waals surface area contributed by atoms with Gasteiger partial charge in [-0.15, -0.1) is 0 Å². The number of nitrogens with two attached hydrogens (primary N) is 1. The Morgan fingerprint density at radius 2 is 2.18 bits per heavy atom. The number of hydrogen-bond donors (Lipinski definition) is 4. The Morgan fingerprint density at radius 3 is 2.82 bits per heavy atom. The Balaban J connectivity index is 2.70. The zero-order chi connectivity index (χ0) is 12.7. The predicted octanol–water partition coefficient (Wildman–Crippen LogP) is 1.14. The van der Waals surface area contributed by atoms with Crippen molar-refractivity contribution in [3.8, 4) is 5.75 Å². The van der Waals surface area contributed by atoms with E-state index in [4.69, 9.17) is 15.9 Å². The average Bonchev–Trinajstić information content (AvgIpc) is 2.28. The highest BCUT2D eigenvalue weighted by Gasteiger charge is 2.06. The number of benzene rings is 1. The molecule has 17 heavy (non-hydrogen) atoms. The third-order valence-corrected chi connectivity index (χ3v) is 1.86. The van der Waals surface area contributed by atoms with Crippen LogP contribution in [-0.4, -0.2) is 25.0 Å². The van der Waals surface area contributed by atoms with Crippen LogP contribution < -0.4 is 21.1 Å². The maximum Gasteiger partial charge on any atom is 0.319 e. The van der Waals surface area contributed by atoms with Crippen LogP contribution in [-0.2, 0) is 0 Å². The molecule has 0 aliphatic rings. The van der Waals surface area contributed by atoms with E-state index >= 15 is 0 Å². The molecule has 0 saturated heterocycles. The van der Waals surface area contributed by atoms with E-state index in [0.717, 1.165) is 0 Å². The van der Waals surface area contributed by atoms with Gasteiger partial charge in [0.05, 0.1) is 5.69 Å². The standard InChI is InChI=1S/C11H16N4O2/c1-2-14-11(16)15-8-5-3-4-6-9(8)17-7-10(12)13/h3-6H,2,7H2,1H3,(H3,12,13)(H2,14,15,16). The van der Waals surface area contributed by atoms with E-state index in [1.807, 2.05) is 6.92 Å². The van der Waals surface area contributed by atoms with E-state index in [1.54, 1.807) is 24.3 Å². The van der Waals surface area contributed by atoms with E-state index < -0.39 is 0 Å². The largest absolute Gasteiger partial charge is 0.484 e. The number of amides is 2. The van der Waals surface area contributed by atoms with Gasteiger partial charge in [0.15, 0.2) is 0 Å². The van der Waals surface area contributed by atoms with Gasteiger partial charge in [-0.3, -0.25) is 5.41 Å². The molecule has 0 saturated carbocycles. The van der Waals surface area contributed by atoms with Crippen LogP contribution in [0.4, 0.5) is 10.5 Å². The molecule has 0 bridgehead atoms. The molecule has 1 aromatic carbocycles. The lowest BCUT2D eigenvalue weighted by molar-refractivity contribution is 0.252. The molecule has 1 aromatic rings. The lowest BCUT2D eigenvalue weighted by Gasteiger charge is -2.11. The summed E-state index contributed by atoms with van der Waals surface area (Å²) < 4.78 is 5.29. The number of ether oxygens (including phenoxy) is 1. The van der Waals surface area contributed by atoms with Gasteiger partial charge in [-0.1, -0.05) is 12.1 Å². The van der Waals surface area contributed by atoms with Crippen LogP contribution in [0.25, 0.3) is 0 Å². The number of carbonyl (C=O) groups excluding carboxylic acids is 1. The number of carbonyl (C=O) groups is 1. The quantitative estimate of drug-likeness (QED) is 0.455. The second kappa shape index (κ2) is 6.37. The fraction of sp³-hybridized carbons (Fsp3) is 0.273. The summed E-state index contributed by atoms with van der Waals surface area (Å²) in [6.07, 6.45) is 0. The number of anilines is 1. The highest BCUT2D eigenvalue weighted by Crippen LogP contribution is 2.23. The van der Waals surface area contributed by atoms with E-state index in [-0.39, 0.29) is 18.5 Å². The number of hydrogen-bond acceptors (Lipinski definition) is 3. The molecule has 92 valence electrons. The van der Waals surface area contributed by atoms with Crippen molar-refractivity contribution in [3.05, 3.63) is 24.3 Å². The number of rotatable bonds is 5. The minimum absolute atomic E-state index is 0.00586. The first-order chi connectivity index (χ1) is 8.13. The summed E-state index contributed by atoms with van der Waals surface area (Å²) in [6.45, 7) is 2.37. The molecule has 0 aromatic heterocycles. The summed E-state index contributed by atoms with van der Waals surface area (Å²) in [7, 11) is 0. The zero-order valence-electron chi connectivity index (χ0n) is 9.62. The van der Waals surface area contributed by atoms with Crippen molar-refractivity contribution in [2.24, 2.45) is 5.73 Å². The van der Waals surface area contributed by atoms with Gasteiger partial charge in [0.1, 0.15) is 18.2 Å². The van der Waals surface area contributed by atoms with Gasteiger partial charge in [0, 0.05) is 6.54 Å². The summed E-state index contributed by atoms with van der Waals surface area (Å²) in [4.78, 5) is 11.4. The van der Waals surface area contributed by atoms with Crippen molar-refractivity contribution in [1.29, 1.82) is 5.41 Å². The van der Waals surface area contributed by atoms with Crippen LogP contribution in [0.3, 0.4) is 0 Å². The molecule has 0 spiro atoms. The van der Waals surface area contributed by atoms with Crippen LogP contribution in [0, 0.1) is 5.41 Å². The molecule has 0 fully saturated rings. The molecule has 6 heteroatoms. The van der Waals surface area contributed by atoms with Crippen LogP contribution >= 0.6 is 0 Å². The van der Waals surface area contributed by atoms with E-state index in [1.165, 1.54) is 0 Å². The second-order valence-corrected chi connectivity index (χ2v) is 3.29. The highest BCUT2D eigenvalue weighted by molar-refractivity contribution is 5.91. The van der Waals surface area contributed by atoms with Gasteiger partial charge in [0.25, 0.3) is 0 Å². The SMILES string of the molecule is CCNC(=O)Nc1ccccc1OCC(=N)N. The van der Waals surface area contributed by atoms with Gasteiger partial charge >= 0.3 is 6.03 Å². The third kappa shape index (κ3) is 4.42. The molecule has 0 unspecified atom stereocenters. The lowest BCUT2D eigenvalue weighted by atomic mass is 10.3. The zero-order valence-corrected chi connectivity index (χ0v) is 9.62. The van der Waals surface area contributed by atoms with Crippen LogP contribution in [0.1, 0.15) is 6.92 Å². The smallest absolute Gasteiger partial charge is 0.319 e. The molecule has 1 rings (SSSR count). The van der Waals surface area contributed by atoms with Gasteiger partial charge in [-0.25, -0.2) is 4.79 Å². The molecule has 0 atom stereocenters. The molecular formula is C11H16N4O2. The van der Waals surface area contributed by atoms with Crippen LogP contribution in [0.5, 0.6) is 5.75 Å². The summed E-state index contributed by atoms with van der Waals surface area (Å²) in [5.74, 6) is 0.409. The average molecular weight is 236 g/mol. The number of nitrogens with one attached hydrogen (secondary N) is 3. The minimum Gasteiger partial charge on any atom is -0.484 e. The lowest BCUT2D eigenvalue weighted by Crippen LogP contribution is -2.28. The van der Waals surface area contributed by atoms with Gasteiger partial charge in [-0.2, -0.15) is 0 Å². The molecule has 2 amide bonds. The van der Waals surface area contributed by atoms with Crippen molar-refractivity contribution in [1.82, 2.24) is 5.32 Å². The predicted molar refractivity (Wildman–Crippen MR) is 66.5 cm³/mol. The number of urea groups is 1. The molecule has 0 aliphatic carbocycles. The Kier molecular flexibility index (Phi) is 4.80. The maximum atomic E-state index is 11.4. The number of para-hydroxylation sites is 2. The summed E-state index contributed by atoms with van der Waals surface area (Å²) in [6, 6.07) is 6.67. The van der Waals surface area contributed by atoms with Crippen molar-refractivity contribution < 1.29 is 9.53 Å². The topological polar surface area (TPSA) is 100 Å². The first-order valence-corrected chi connectivity index (χ1v) is 5.23. The summed E-state index contributed by atoms with van der Waals surface area (Å²) in [5.41, 5.74) is 5.74. The molecular weight excluding hydrogens is 220 g/mol. The Hall–Kier alpha value is -2.24. The van der Waals surface area contributed by atoms with E-state index in [0.29, 0.717) is 18.0 Å². The van der Waals surface area contributed by atoms with Gasteiger partial charge in [-0.05, 0) is 19.1 Å². The first-order valence-electron chi connectivity index (χ1n) is 5.23. The maximum absolute atomic E-state index is 11.4. The second-order valence-electron chi connectivity index (χ2n) is 3.29. The van der Waals surface area contributed by atoms with E-state index in [2.05, 4.69) is 10.6 Å². The van der Waals surface area contributed by atoms with Crippen molar-refractivity contribution >= 4 is 17.6 Å². The Bertz CT molecular complexity index is 406. The van der Waals surface area contributed by atoms with E-state index in [9.17, 15) is 4.79 Å². The van der Waals surface area contributed by atoms with Gasteiger partial charge in [0.2, 0.25) is 0 Å². The minimum atomic E-state index is -0.300. The fourth-order valence-corrected chi connectivity index (χ4v) is 1.18. The van der Waals surface area contributed by atoms with Crippen molar-refractivity contribution in [3.63, 3.8) is 0 Å². The Morgan fingerprint density at radius 1 is 1.47 bits per heavy atom. The molecule has 0 radical (unpaired) electrons. The highest BCUT2D eigenvalue weighted by atomic mass is 16.5. The van der Waals surface area contributed by atoms with Crippen LogP contribution in [0.2, 0.25) is 0 Å².